The molecular formula is C38H69N2O6P. The van der Waals surface area contributed by atoms with Crippen molar-refractivity contribution in [2.24, 2.45) is 0 Å². The molecule has 3 unspecified atom stereocenters. The third-order valence-electron chi connectivity index (χ3n) is 7.55. The molecule has 0 heterocycles. The predicted molar refractivity (Wildman–Crippen MR) is 196 cm³/mol. The Balaban J connectivity index is 4.67. The molecule has 0 fully saturated rings. The number of quaternary nitrogens is 1. The third-order valence-corrected chi connectivity index (χ3v) is 8.51. The lowest BCUT2D eigenvalue weighted by Gasteiger charge is -2.30. The van der Waals surface area contributed by atoms with Gasteiger partial charge in [-0.2, -0.15) is 0 Å². The van der Waals surface area contributed by atoms with Gasteiger partial charge in [-0.1, -0.05) is 139 Å². The Labute approximate surface area is 288 Å². The monoisotopic (exact) mass is 680 g/mol. The van der Waals surface area contributed by atoms with Crippen molar-refractivity contribution in [3.63, 3.8) is 0 Å². The van der Waals surface area contributed by atoms with Gasteiger partial charge in [0.1, 0.15) is 13.2 Å². The number of nitrogens with one attached hydrogen (secondary N) is 1. The Bertz CT molecular complexity index is 954. The van der Waals surface area contributed by atoms with E-state index in [1.54, 1.807) is 6.08 Å². The number of allylic oxidation sites excluding steroid dienone is 9. The molecule has 9 heteroatoms. The second kappa shape index (κ2) is 30.3. The van der Waals surface area contributed by atoms with Gasteiger partial charge in [-0.05, 0) is 38.5 Å². The number of hydrogen-bond donors (Lipinski definition) is 2. The molecule has 0 spiro atoms. The topological polar surface area (TPSA) is 108 Å². The number of phosphoric ester groups is 1. The van der Waals surface area contributed by atoms with Crippen LogP contribution in [0.5, 0.6) is 0 Å². The summed E-state index contributed by atoms with van der Waals surface area (Å²) in [6, 6.07) is -0.854. The number of carbonyl (C=O) groups is 1. The van der Waals surface area contributed by atoms with Gasteiger partial charge in [0.25, 0.3) is 7.82 Å². The van der Waals surface area contributed by atoms with Crippen LogP contribution in [-0.4, -0.2) is 68.5 Å². The van der Waals surface area contributed by atoms with Crippen molar-refractivity contribution in [2.45, 2.75) is 135 Å². The summed E-state index contributed by atoms with van der Waals surface area (Å²) in [5, 5.41) is 13.7. The number of rotatable bonds is 31. The van der Waals surface area contributed by atoms with Crippen LogP contribution in [-0.2, 0) is 18.4 Å². The molecule has 0 bridgehead atoms. The first-order valence-electron chi connectivity index (χ1n) is 18.1. The van der Waals surface area contributed by atoms with E-state index in [1.165, 1.54) is 44.9 Å². The molecule has 0 aliphatic rings. The lowest BCUT2D eigenvalue weighted by atomic mass is 10.0. The van der Waals surface area contributed by atoms with Crippen molar-refractivity contribution < 1.29 is 32.9 Å². The number of amides is 1. The van der Waals surface area contributed by atoms with Crippen molar-refractivity contribution in [1.82, 2.24) is 5.32 Å². The fourth-order valence-electron chi connectivity index (χ4n) is 4.63. The summed E-state index contributed by atoms with van der Waals surface area (Å²) in [5.41, 5.74) is 0. The molecule has 272 valence electrons. The highest BCUT2D eigenvalue weighted by atomic mass is 31.2. The molecule has 1 amide bonds. The van der Waals surface area contributed by atoms with E-state index in [1.807, 2.05) is 27.2 Å². The lowest BCUT2D eigenvalue weighted by molar-refractivity contribution is -0.870. The molecule has 0 saturated heterocycles. The minimum atomic E-state index is -4.58. The summed E-state index contributed by atoms with van der Waals surface area (Å²) in [6.07, 6.45) is 36.8. The summed E-state index contributed by atoms with van der Waals surface area (Å²) in [7, 11) is 1.23. The van der Waals surface area contributed by atoms with Crippen molar-refractivity contribution >= 4 is 13.7 Å². The smallest absolute Gasteiger partial charge is 0.268 e. The summed E-state index contributed by atoms with van der Waals surface area (Å²) >= 11 is 0. The molecule has 0 aliphatic carbocycles. The van der Waals surface area contributed by atoms with E-state index in [0.717, 1.165) is 44.9 Å². The molecule has 0 aromatic rings. The Kier molecular flexibility index (Phi) is 29.1. The maximum atomic E-state index is 12.7. The quantitative estimate of drug-likeness (QED) is 0.0329. The van der Waals surface area contributed by atoms with Crippen LogP contribution in [0.3, 0.4) is 0 Å². The van der Waals surface area contributed by atoms with E-state index in [0.29, 0.717) is 23.9 Å². The van der Waals surface area contributed by atoms with Crippen LogP contribution in [0.1, 0.15) is 123 Å². The van der Waals surface area contributed by atoms with Crippen LogP contribution in [0.2, 0.25) is 0 Å². The normalized spacial score (nSPS) is 15.5. The standard InChI is InChI=1S/C38H69N2O6P/c1-6-8-10-12-14-16-18-19-20-21-22-24-26-28-30-32-38(42)39-36(35-46-47(43,44)45-34-33-40(3,4)5)37(41)31-29-27-25-23-17-15-13-11-9-7-2/h8,10,14,16,19-20,22,24,28,30,36-37,41H,6-7,9,11-13,15,17-18,21,23,25-27,29,31-35H2,1-5H3,(H-,39,42,43,44)/b10-8-,16-14-,20-19-,24-22-,30-28-. The van der Waals surface area contributed by atoms with Crippen LogP contribution in [0.4, 0.5) is 0 Å². The van der Waals surface area contributed by atoms with E-state index in [-0.39, 0.29) is 25.5 Å². The maximum Gasteiger partial charge on any atom is 0.268 e. The molecule has 0 aromatic carbocycles. The Morgan fingerprint density at radius 1 is 0.745 bits per heavy atom. The number of likely N-dealkylation sites (N-methyl/N-ethyl adjacent to an activating group) is 1. The molecule has 47 heavy (non-hydrogen) atoms. The van der Waals surface area contributed by atoms with Crippen molar-refractivity contribution in [1.29, 1.82) is 0 Å². The zero-order chi connectivity index (χ0) is 35.1. The lowest BCUT2D eigenvalue weighted by Crippen LogP contribution is -2.46. The zero-order valence-corrected chi connectivity index (χ0v) is 31.3. The van der Waals surface area contributed by atoms with Gasteiger partial charge >= 0.3 is 0 Å². The van der Waals surface area contributed by atoms with Crippen LogP contribution in [0.25, 0.3) is 0 Å². The van der Waals surface area contributed by atoms with E-state index in [9.17, 15) is 19.4 Å². The Morgan fingerprint density at radius 2 is 1.21 bits per heavy atom. The highest BCUT2D eigenvalue weighted by molar-refractivity contribution is 7.45. The molecular weight excluding hydrogens is 611 g/mol. The van der Waals surface area contributed by atoms with Crippen molar-refractivity contribution in [2.75, 3.05) is 40.9 Å². The average molecular weight is 681 g/mol. The van der Waals surface area contributed by atoms with Crippen LogP contribution in [0.15, 0.2) is 60.8 Å². The first-order chi connectivity index (χ1) is 22.5. The first kappa shape index (κ1) is 45.2. The summed E-state index contributed by atoms with van der Waals surface area (Å²) in [5.74, 6) is -0.297. The molecule has 0 aliphatic heterocycles. The van der Waals surface area contributed by atoms with Gasteiger partial charge < -0.3 is 28.8 Å². The van der Waals surface area contributed by atoms with E-state index in [4.69, 9.17) is 9.05 Å². The van der Waals surface area contributed by atoms with Crippen LogP contribution in [0, 0.1) is 0 Å². The third kappa shape index (κ3) is 32.5. The summed E-state index contributed by atoms with van der Waals surface area (Å²) in [4.78, 5) is 25.1. The number of phosphoric acid groups is 1. The van der Waals surface area contributed by atoms with Crippen LogP contribution < -0.4 is 10.2 Å². The average Bonchev–Trinajstić information content (AvgIpc) is 3.01. The first-order valence-corrected chi connectivity index (χ1v) is 19.6. The number of aliphatic hydroxyl groups excluding tert-OH is 1. The van der Waals surface area contributed by atoms with Gasteiger partial charge in [0, 0.05) is 6.42 Å². The van der Waals surface area contributed by atoms with Gasteiger partial charge in [-0.15, -0.1) is 0 Å². The van der Waals surface area contributed by atoms with Gasteiger partial charge in [0.2, 0.25) is 5.91 Å². The molecule has 0 radical (unpaired) electrons. The molecule has 3 atom stereocenters. The number of unbranched alkanes of at least 4 members (excludes halogenated alkanes) is 9. The van der Waals surface area contributed by atoms with Crippen LogP contribution >= 0.6 is 7.82 Å². The van der Waals surface area contributed by atoms with Crippen molar-refractivity contribution in [3.05, 3.63) is 60.8 Å². The highest BCUT2D eigenvalue weighted by Crippen LogP contribution is 2.38. The predicted octanol–water partition coefficient (Wildman–Crippen LogP) is 8.49. The summed E-state index contributed by atoms with van der Waals surface area (Å²) < 4.78 is 23.0. The number of hydrogen-bond acceptors (Lipinski definition) is 6. The molecule has 2 N–H and O–H groups in total. The zero-order valence-electron chi connectivity index (χ0n) is 30.5. The van der Waals surface area contributed by atoms with E-state index in [2.05, 4.69) is 67.8 Å². The van der Waals surface area contributed by atoms with Gasteiger partial charge in [0.05, 0.1) is 39.9 Å². The fraction of sp³-hybridized carbons (Fsp3) is 0.711. The molecule has 0 saturated carbocycles. The fourth-order valence-corrected chi connectivity index (χ4v) is 5.36. The van der Waals surface area contributed by atoms with E-state index >= 15 is 0 Å². The molecule has 8 nitrogen and oxygen atoms in total. The highest BCUT2D eigenvalue weighted by Gasteiger charge is 2.24. The summed E-state index contributed by atoms with van der Waals surface area (Å²) in [6.45, 7) is 4.47. The SMILES string of the molecule is CC/C=C\C/C=C\C/C=C\C/C=C\C/C=C\CC(=O)NC(COP(=O)([O-])OCC[N+](C)(C)C)C(O)CCCCCCCCCCCC. The minimum Gasteiger partial charge on any atom is -0.756 e. The molecule has 0 aromatic heterocycles. The largest absolute Gasteiger partial charge is 0.756 e. The van der Waals surface area contributed by atoms with Gasteiger partial charge in [-0.25, -0.2) is 0 Å². The van der Waals surface area contributed by atoms with Crippen molar-refractivity contribution in [3.8, 4) is 0 Å². The minimum absolute atomic E-state index is 0.00741. The number of carbonyl (C=O) groups excluding carboxylic acids is 1. The second-order valence-corrected chi connectivity index (χ2v) is 14.6. The number of nitrogens with zero attached hydrogens (tertiary/aromatic N) is 1. The van der Waals surface area contributed by atoms with Gasteiger partial charge in [0.15, 0.2) is 0 Å². The Hall–Kier alpha value is -1.80. The maximum absolute atomic E-state index is 12.7. The molecule has 0 rings (SSSR count). The number of aliphatic hydroxyl groups is 1. The Morgan fingerprint density at radius 3 is 1.70 bits per heavy atom. The van der Waals surface area contributed by atoms with Gasteiger partial charge in [-0.3, -0.25) is 9.36 Å². The second-order valence-electron chi connectivity index (χ2n) is 13.2. The van der Waals surface area contributed by atoms with E-state index < -0.39 is 20.0 Å².